The molecule has 1 aliphatic rings. The molecular weight excluding hydrogens is 387 g/mol. The van der Waals surface area contributed by atoms with Gasteiger partial charge in [-0.15, -0.1) is 0 Å². The zero-order valence-corrected chi connectivity index (χ0v) is 14.5. The van der Waals surface area contributed by atoms with E-state index in [0.717, 1.165) is 16.8 Å². The summed E-state index contributed by atoms with van der Waals surface area (Å²) < 4.78 is 53.7. The predicted molar refractivity (Wildman–Crippen MR) is 96.6 cm³/mol. The van der Waals surface area contributed by atoms with Crippen LogP contribution in [0.5, 0.6) is 11.5 Å². The summed E-state index contributed by atoms with van der Waals surface area (Å²) in [6.45, 7) is -0.239. The van der Waals surface area contributed by atoms with E-state index >= 15 is 0 Å². The van der Waals surface area contributed by atoms with E-state index in [1.54, 1.807) is 6.07 Å². The maximum Gasteiger partial charge on any atom is 0.280 e. The van der Waals surface area contributed by atoms with E-state index in [4.69, 9.17) is 9.47 Å². The second-order valence-electron chi connectivity index (χ2n) is 6.23. The van der Waals surface area contributed by atoms with Crippen molar-refractivity contribution in [1.82, 2.24) is 14.8 Å². The minimum absolute atomic E-state index is 0.0179. The van der Waals surface area contributed by atoms with Crippen LogP contribution in [0.2, 0.25) is 0 Å². The number of halogens is 3. The monoisotopic (exact) mass is 397 g/mol. The average Bonchev–Trinajstić information content (AvgIpc) is 3.21. The van der Waals surface area contributed by atoms with E-state index in [-0.39, 0.29) is 46.1 Å². The number of nitrogens with zero attached hydrogens (tertiary/aromatic N) is 3. The van der Waals surface area contributed by atoms with E-state index in [2.05, 4.69) is 10.1 Å². The minimum atomic E-state index is -1.22. The lowest BCUT2D eigenvalue weighted by molar-refractivity contribution is 0.170. The summed E-state index contributed by atoms with van der Waals surface area (Å²) in [5, 5.41) is 4.35. The van der Waals surface area contributed by atoms with Gasteiger partial charge in [-0.05, 0) is 42.5 Å². The number of hydrogen-bond acceptors (Lipinski definition) is 5. The van der Waals surface area contributed by atoms with Crippen LogP contribution >= 0.6 is 0 Å². The number of rotatable bonds is 2. The standard InChI is InChI=1S/C20H10F3N3O3/c21-10-3-5-11(6-4-10)26-20(27)12-2-1-7-24-17(12)18(25-26)13-8-14-19(29-9-28-14)16(23)15(13)22/h1-8H,9H2. The summed E-state index contributed by atoms with van der Waals surface area (Å²) in [4.78, 5) is 17.0. The highest BCUT2D eigenvalue weighted by atomic mass is 19.2. The van der Waals surface area contributed by atoms with Crippen molar-refractivity contribution in [1.29, 1.82) is 0 Å². The maximum absolute atomic E-state index is 14.8. The molecule has 144 valence electrons. The van der Waals surface area contributed by atoms with E-state index in [0.29, 0.717) is 0 Å². The topological polar surface area (TPSA) is 66.2 Å². The van der Waals surface area contributed by atoms with Gasteiger partial charge in [0.05, 0.1) is 11.1 Å². The van der Waals surface area contributed by atoms with Crippen LogP contribution in [0.15, 0.2) is 53.5 Å². The summed E-state index contributed by atoms with van der Waals surface area (Å²) in [5.74, 6) is -3.23. The smallest absolute Gasteiger partial charge is 0.280 e. The van der Waals surface area contributed by atoms with Crippen LogP contribution < -0.4 is 15.0 Å². The molecule has 0 bridgehead atoms. The molecule has 9 heteroatoms. The molecule has 1 aliphatic heterocycles. The fourth-order valence-corrected chi connectivity index (χ4v) is 3.16. The summed E-state index contributed by atoms with van der Waals surface area (Å²) in [6, 6.07) is 9.32. The van der Waals surface area contributed by atoms with Crippen LogP contribution in [-0.4, -0.2) is 21.6 Å². The van der Waals surface area contributed by atoms with E-state index in [9.17, 15) is 18.0 Å². The molecule has 0 fully saturated rings. The van der Waals surface area contributed by atoms with E-state index in [1.807, 2.05) is 0 Å². The van der Waals surface area contributed by atoms with Crippen LogP contribution in [0.4, 0.5) is 13.2 Å². The summed E-state index contributed by atoms with van der Waals surface area (Å²) in [7, 11) is 0. The molecule has 29 heavy (non-hydrogen) atoms. The van der Waals surface area contributed by atoms with Gasteiger partial charge >= 0.3 is 0 Å². The predicted octanol–water partition coefficient (Wildman–Crippen LogP) is 3.59. The van der Waals surface area contributed by atoms with Crippen molar-refractivity contribution in [2.75, 3.05) is 6.79 Å². The van der Waals surface area contributed by atoms with Crippen molar-refractivity contribution >= 4 is 10.9 Å². The Morgan fingerprint density at radius 1 is 1.00 bits per heavy atom. The van der Waals surface area contributed by atoms with Crippen LogP contribution in [0.1, 0.15) is 0 Å². The van der Waals surface area contributed by atoms with Crippen molar-refractivity contribution in [3.63, 3.8) is 0 Å². The van der Waals surface area contributed by atoms with E-state index in [1.165, 1.54) is 30.5 Å². The van der Waals surface area contributed by atoms with Crippen LogP contribution in [0, 0.1) is 17.5 Å². The molecule has 0 saturated carbocycles. The average molecular weight is 397 g/mol. The minimum Gasteiger partial charge on any atom is -0.453 e. The van der Waals surface area contributed by atoms with Gasteiger partial charge in [0.25, 0.3) is 5.56 Å². The Morgan fingerprint density at radius 2 is 1.79 bits per heavy atom. The lowest BCUT2D eigenvalue weighted by atomic mass is 10.1. The lowest BCUT2D eigenvalue weighted by Gasteiger charge is -2.12. The van der Waals surface area contributed by atoms with Crippen molar-refractivity contribution < 1.29 is 22.6 Å². The first-order valence-electron chi connectivity index (χ1n) is 8.46. The van der Waals surface area contributed by atoms with Crippen LogP contribution in [0.25, 0.3) is 27.8 Å². The molecule has 0 aliphatic carbocycles. The fraction of sp³-hybridized carbons (Fsp3) is 0.0500. The lowest BCUT2D eigenvalue weighted by Crippen LogP contribution is -2.22. The Labute approximate surface area is 160 Å². The summed E-state index contributed by atoms with van der Waals surface area (Å²) in [6.07, 6.45) is 1.41. The Morgan fingerprint density at radius 3 is 2.59 bits per heavy atom. The highest BCUT2D eigenvalue weighted by Crippen LogP contribution is 2.41. The molecule has 5 rings (SSSR count). The SMILES string of the molecule is O=c1c2cccnc2c(-c2cc3c(c(F)c2F)OCO3)nn1-c1ccc(F)cc1. The summed E-state index contributed by atoms with van der Waals surface area (Å²) >= 11 is 0. The van der Waals surface area contributed by atoms with Crippen LogP contribution in [0.3, 0.4) is 0 Å². The van der Waals surface area contributed by atoms with Gasteiger partial charge in [0, 0.05) is 11.8 Å². The molecule has 0 atom stereocenters. The Bertz CT molecular complexity index is 1340. The van der Waals surface area contributed by atoms with Gasteiger partial charge in [0.1, 0.15) is 17.0 Å². The highest BCUT2D eigenvalue weighted by Gasteiger charge is 2.28. The largest absolute Gasteiger partial charge is 0.453 e. The first-order chi connectivity index (χ1) is 14.0. The number of benzene rings is 2. The van der Waals surface area contributed by atoms with Crippen molar-refractivity contribution in [3.8, 4) is 28.4 Å². The number of fused-ring (bicyclic) bond motifs is 2. The number of pyridine rings is 1. The Hall–Kier alpha value is -3.88. The molecule has 0 saturated heterocycles. The van der Waals surface area contributed by atoms with Gasteiger partial charge in [-0.3, -0.25) is 9.78 Å². The second-order valence-corrected chi connectivity index (χ2v) is 6.23. The van der Waals surface area contributed by atoms with Gasteiger partial charge in [-0.2, -0.15) is 14.2 Å². The molecule has 4 aromatic rings. The third-order valence-corrected chi connectivity index (χ3v) is 4.53. The highest BCUT2D eigenvalue weighted by molar-refractivity contribution is 5.91. The molecule has 2 aromatic carbocycles. The quantitative estimate of drug-likeness (QED) is 0.517. The number of ether oxygens (including phenoxy) is 2. The van der Waals surface area contributed by atoms with E-state index < -0.39 is 23.0 Å². The molecule has 0 spiro atoms. The molecule has 0 amide bonds. The fourth-order valence-electron chi connectivity index (χ4n) is 3.16. The van der Waals surface area contributed by atoms with Gasteiger partial charge in [0.2, 0.25) is 18.4 Å². The molecule has 0 unspecified atom stereocenters. The molecule has 3 heterocycles. The van der Waals surface area contributed by atoms with Crippen molar-refractivity contribution in [2.24, 2.45) is 0 Å². The van der Waals surface area contributed by atoms with Crippen molar-refractivity contribution in [3.05, 3.63) is 76.5 Å². The normalized spacial score (nSPS) is 12.5. The number of hydrogen-bond donors (Lipinski definition) is 0. The zero-order valence-electron chi connectivity index (χ0n) is 14.5. The Balaban J connectivity index is 1.85. The van der Waals surface area contributed by atoms with Crippen LogP contribution in [-0.2, 0) is 0 Å². The van der Waals surface area contributed by atoms with Crippen molar-refractivity contribution in [2.45, 2.75) is 0 Å². The van der Waals surface area contributed by atoms with Gasteiger partial charge in [0.15, 0.2) is 11.6 Å². The Kier molecular flexibility index (Phi) is 3.76. The second kappa shape index (κ2) is 6.33. The number of aromatic nitrogens is 3. The first kappa shape index (κ1) is 17.2. The van der Waals surface area contributed by atoms with Gasteiger partial charge < -0.3 is 9.47 Å². The molecule has 6 nitrogen and oxygen atoms in total. The van der Waals surface area contributed by atoms with Gasteiger partial charge in [-0.1, -0.05) is 0 Å². The zero-order chi connectivity index (χ0) is 20.1. The van der Waals surface area contributed by atoms with Gasteiger partial charge in [-0.25, -0.2) is 8.78 Å². The summed E-state index contributed by atoms with van der Waals surface area (Å²) in [5.41, 5.74) is -0.506. The first-order valence-corrected chi connectivity index (χ1v) is 8.46. The maximum atomic E-state index is 14.8. The molecule has 0 radical (unpaired) electrons. The molecular formula is C20H10F3N3O3. The molecule has 0 N–H and O–H groups in total. The third-order valence-electron chi connectivity index (χ3n) is 4.53. The third kappa shape index (κ3) is 2.62. The molecule has 2 aromatic heterocycles.